The second-order valence-corrected chi connectivity index (χ2v) is 9.63. The number of para-hydroxylation sites is 1. The van der Waals surface area contributed by atoms with Crippen LogP contribution in [-0.4, -0.2) is 42.1 Å². The van der Waals surface area contributed by atoms with Gasteiger partial charge in [-0.3, -0.25) is 4.79 Å². The predicted molar refractivity (Wildman–Crippen MR) is 120 cm³/mol. The third kappa shape index (κ3) is 5.07. The van der Waals surface area contributed by atoms with E-state index in [2.05, 4.69) is 17.2 Å². The van der Waals surface area contributed by atoms with Crippen molar-refractivity contribution in [2.75, 3.05) is 6.54 Å². The minimum Gasteiger partial charge on any atom is -0.534 e. The monoisotopic (exact) mass is 411 g/mol. The Morgan fingerprint density at radius 3 is 2.73 bits per heavy atom. The molecule has 2 saturated carbocycles. The summed E-state index contributed by atoms with van der Waals surface area (Å²) in [5.41, 5.74) is 9.00. The Hall–Kier alpha value is -1.83. The molecule has 1 atom stereocenters. The Bertz CT molecular complexity index is 803. The number of nitrogens with one attached hydrogen (secondary N) is 2. The number of amides is 1. The highest BCUT2D eigenvalue weighted by molar-refractivity contribution is 6.46. The first kappa shape index (κ1) is 21.4. The van der Waals surface area contributed by atoms with Crippen molar-refractivity contribution < 1.29 is 14.5 Å². The molecule has 2 fully saturated rings. The Balaban J connectivity index is 1.24. The van der Waals surface area contributed by atoms with Crippen LogP contribution in [0.1, 0.15) is 63.0 Å². The standard InChI is InChI=1S/C23H34BN3O3/c1-15(2)19-5-3-4-17-13-20(24(29)30-22(17)19)27-21(28)12-16-6-8-18(9-7-16)26-14-23(25)10-11-23/h3-5,16,18,20,26,29H,1,6-14,25H2,2H3,(H,27,28). The maximum Gasteiger partial charge on any atom is 0.547 e. The van der Waals surface area contributed by atoms with Gasteiger partial charge in [-0.1, -0.05) is 24.8 Å². The number of benzene rings is 1. The van der Waals surface area contributed by atoms with E-state index in [1.54, 1.807) is 0 Å². The predicted octanol–water partition coefficient (Wildman–Crippen LogP) is 2.19. The third-order valence-electron chi connectivity index (χ3n) is 6.88. The van der Waals surface area contributed by atoms with Gasteiger partial charge in [-0.05, 0) is 68.9 Å². The number of carbonyl (C=O) groups excluding carboxylic acids is 1. The SMILES string of the molecule is C=C(C)c1cccc2c1OB(O)C(NC(=O)CC1CCC(NCC3(N)CC3)CC1)C2. The lowest BCUT2D eigenvalue weighted by Crippen LogP contribution is -2.53. The summed E-state index contributed by atoms with van der Waals surface area (Å²) in [5, 5.41) is 17.1. The number of fused-ring (bicyclic) bond motifs is 1. The number of hydrogen-bond donors (Lipinski definition) is 4. The zero-order valence-corrected chi connectivity index (χ0v) is 18.0. The smallest absolute Gasteiger partial charge is 0.534 e. The van der Waals surface area contributed by atoms with Crippen molar-refractivity contribution in [1.29, 1.82) is 0 Å². The molecule has 1 heterocycles. The first-order chi connectivity index (χ1) is 14.3. The van der Waals surface area contributed by atoms with Crippen molar-refractivity contribution in [3.8, 4) is 5.75 Å². The fraction of sp³-hybridized carbons (Fsp3) is 0.609. The van der Waals surface area contributed by atoms with E-state index < -0.39 is 13.1 Å². The van der Waals surface area contributed by atoms with Gasteiger partial charge in [0.15, 0.2) is 0 Å². The number of hydrogen-bond acceptors (Lipinski definition) is 5. The van der Waals surface area contributed by atoms with E-state index in [9.17, 15) is 9.82 Å². The van der Waals surface area contributed by atoms with E-state index in [4.69, 9.17) is 10.4 Å². The minimum absolute atomic E-state index is 0.00236. The molecule has 4 rings (SSSR count). The zero-order chi connectivity index (χ0) is 21.3. The molecule has 0 spiro atoms. The van der Waals surface area contributed by atoms with E-state index in [0.29, 0.717) is 30.6 Å². The molecule has 1 aromatic carbocycles. The molecule has 3 aliphatic rings. The lowest BCUT2D eigenvalue weighted by Gasteiger charge is -2.32. The van der Waals surface area contributed by atoms with Crippen molar-refractivity contribution in [3.05, 3.63) is 35.9 Å². The average Bonchev–Trinajstić information content (AvgIpc) is 3.45. The fourth-order valence-corrected chi connectivity index (χ4v) is 4.67. The van der Waals surface area contributed by atoms with Crippen LogP contribution in [0.2, 0.25) is 0 Å². The maximum atomic E-state index is 12.6. The normalized spacial score (nSPS) is 27.0. The number of nitrogens with two attached hydrogens (primary N) is 1. The summed E-state index contributed by atoms with van der Waals surface area (Å²) in [6.45, 7) is 6.81. The van der Waals surface area contributed by atoms with Crippen molar-refractivity contribution in [1.82, 2.24) is 10.6 Å². The van der Waals surface area contributed by atoms with E-state index in [-0.39, 0.29) is 11.4 Å². The first-order valence-electron chi connectivity index (χ1n) is 11.3. The molecule has 1 unspecified atom stereocenters. The lowest BCUT2D eigenvalue weighted by molar-refractivity contribution is -0.122. The van der Waals surface area contributed by atoms with Crippen LogP contribution in [0.15, 0.2) is 24.8 Å². The van der Waals surface area contributed by atoms with Gasteiger partial charge in [-0.15, -0.1) is 0 Å². The zero-order valence-electron chi connectivity index (χ0n) is 18.0. The molecule has 7 heteroatoms. The van der Waals surface area contributed by atoms with Gasteiger partial charge in [0.25, 0.3) is 0 Å². The van der Waals surface area contributed by atoms with Crippen molar-refractivity contribution >= 4 is 18.6 Å². The van der Waals surface area contributed by atoms with Gasteiger partial charge >= 0.3 is 7.12 Å². The van der Waals surface area contributed by atoms with Crippen molar-refractivity contribution in [2.24, 2.45) is 11.7 Å². The van der Waals surface area contributed by atoms with Gasteiger partial charge in [0.2, 0.25) is 5.91 Å². The highest BCUT2D eigenvalue weighted by atomic mass is 16.5. The van der Waals surface area contributed by atoms with Crippen LogP contribution in [0.4, 0.5) is 0 Å². The van der Waals surface area contributed by atoms with Crippen LogP contribution in [0.25, 0.3) is 5.57 Å². The maximum absolute atomic E-state index is 12.6. The quantitative estimate of drug-likeness (QED) is 0.516. The fourth-order valence-electron chi connectivity index (χ4n) is 4.67. The second-order valence-electron chi connectivity index (χ2n) is 9.63. The highest BCUT2D eigenvalue weighted by Crippen LogP contribution is 2.34. The summed E-state index contributed by atoms with van der Waals surface area (Å²) >= 11 is 0. The Labute approximate surface area is 179 Å². The summed E-state index contributed by atoms with van der Waals surface area (Å²) in [6.07, 6.45) is 7.63. The third-order valence-corrected chi connectivity index (χ3v) is 6.88. The first-order valence-corrected chi connectivity index (χ1v) is 11.3. The van der Waals surface area contributed by atoms with E-state index in [1.807, 2.05) is 25.1 Å². The molecule has 5 N–H and O–H groups in total. The van der Waals surface area contributed by atoms with Gasteiger partial charge < -0.3 is 26.0 Å². The lowest BCUT2D eigenvalue weighted by atomic mass is 9.72. The van der Waals surface area contributed by atoms with E-state index in [1.165, 1.54) is 0 Å². The van der Waals surface area contributed by atoms with Crippen molar-refractivity contribution in [2.45, 2.75) is 75.8 Å². The summed E-state index contributed by atoms with van der Waals surface area (Å²) in [7, 11) is -1.05. The average molecular weight is 411 g/mol. The number of carbonyl (C=O) groups is 1. The molecule has 1 amide bonds. The molecule has 0 radical (unpaired) electrons. The summed E-state index contributed by atoms with van der Waals surface area (Å²) in [6, 6.07) is 6.41. The van der Waals surface area contributed by atoms with Gasteiger partial charge in [-0.25, -0.2) is 0 Å². The molecule has 0 aromatic heterocycles. The topological polar surface area (TPSA) is 96.6 Å². The Morgan fingerprint density at radius 2 is 2.07 bits per heavy atom. The van der Waals surface area contributed by atoms with Crippen LogP contribution in [-0.2, 0) is 11.2 Å². The highest BCUT2D eigenvalue weighted by Gasteiger charge is 2.39. The molecular weight excluding hydrogens is 377 g/mol. The molecule has 1 aromatic rings. The second kappa shape index (κ2) is 8.73. The Kier molecular flexibility index (Phi) is 6.23. The van der Waals surface area contributed by atoms with Crippen LogP contribution in [0.5, 0.6) is 5.75 Å². The van der Waals surface area contributed by atoms with Gasteiger partial charge in [0.1, 0.15) is 5.75 Å². The van der Waals surface area contributed by atoms with Gasteiger partial charge in [0.05, 0.1) is 5.94 Å². The molecule has 6 nitrogen and oxygen atoms in total. The summed E-state index contributed by atoms with van der Waals surface area (Å²) < 4.78 is 5.76. The van der Waals surface area contributed by atoms with Crippen LogP contribution in [0, 0.1) is 5.92 Å². The number of allylic oxidation sites excluding steroid dienone is 1. The molecule has 0 saturated heterocycles. The minimum atomic E-state index is -1.05. The van der Waals surface area contributed by atoms with Gasteiger partial charge in [0, 0.05) is 30.1 Å². The van der Waals surface area contributed by atoms with E-state index in [0.717, 1.165) is 61.8 Å². The largest absolute Gasteiger partial charge is 0.547 e. The van der Waals surface area contributed by atoms with Gasteiger partial charge in [-0.2, -0.15) is 0 Å². The molecule has 1 aliphatic heterocycles. The summed E-state index contributed by atoms with van der Waals surface area (Å²) in [4.78, 5) is 12.6. The molecule has 162 valence electrons. The summed E-state index contributed by atoms with van der Waals surface area (Å²) in [5.74, 6) is 0.652. The van der Waals surface area contributed by atoms with Crippen LogP contribution in [0.3, 0.4) is 0 Å². The van der Waals surface area contributed by atoms with Crippen LogP contribution >= 0.6 is 0 Å². The molecular formula is C23H34BN3O3. The van der Waals surface area contributed by atoms with E-state index >= 15 is 0 Å². The molecule has 2 aliphatic carbocycles. The number of rotatable bonds is 7. The van der Waals surface area contributed by atoms with Crippen molar-refractivity contribution in [3.63, 3.8) is 0 Å². The Morgan fingerprint density at radius 1 is 1.33 bits per heavy atom. The van der Waals surface area contributed by atoms with Crippen LogP contribution < -0.4 is 21.0 Å². The molecule has 30 heavy (non-hydrogen) atoms. The molecule has 0 bridgehead atoms.